The van der Waals surface area contributed by atoms with Gasteiger partial charge in [-0.2, -0.15) is 4.68 Å². The van der Waals surface area contributed by atoms with E-state index in [-0.39, 0.29) is 28.7 Å². The molecule has 33 heavy (non-hydrogen) atoms. The minimum atomic E-state index is -1.09. The van der Waals surface area contributed by atoms with E-state index in [1.54, 1.807) is 37.3 Å². The molecule has 4 rings (SSSR count). The molecule has 0 radical (unpaired) electrons. The number of tetrazole rings is 1. The number of carbonyl (C=O) groups is 2. The smallest absolute Gasteiger partial charge is 0.377 e. The van der Waals surface area contributed by atoms with Gasteiger partial charge >= 0.3 is 17.7 Å². The Morgan fingerprint density at radius 3 is 2.52 bits per heavy atom. The highest BCUT2D eigenvalue weighted by Crippen LogP contribution is 2.29. The molecule has 1 aliphatic rings. The maximum Gasteiger partial charge on any atom is 0.377 e. The maximum atomic E-state index is 13.6. The zero-order chi connectivity index (χ0) is 23.7. The monoisotopic (exact) mass is 451 g/mol. The number of nitrogen functional groups attached to an aromatic ring is 2. The number of nitrogens with two attached hydrogens (primary N) is 2. The van der Waals surface area contributed by atoms with Crippen LogP contribution in [0, 0.1) is 6.92 Å². The van der Waals surface area contributed by atoms with Crippen LogP contribution in [0.4, 0.5) is 21.9 Å². The Morgan fingerprint density at radius 2 is 1.82 bits per heavy atom. The number of anilines is 3. The summed E-state index contributed by atoms with van der Waals surface area (Å²) in [5.41, 5.74) is 12.7. The number of para-hydroxylation sites is 1. The normalized spacial score (nSPS) is 14.2. The third-order valence-electron chi connectivity index (χ3n) is 5.98. The minimum absolute atomic E-state index is 0.0876. The first-order chi connectivity index (χ1) is 15.8. The molecule has 1 fully saturated rings. The maximum absolute atomic E-state index is 13.6. The predicted octanol–water partition coefficient (Wildman–Crippen LogP) is 2.41. The fraction of sp³-hybridized carbons (Fsp3) is 0.318. The lowest BCUT2D eigenvalue weighted by atomic mass is 9.93. The van der Waals surface area contributed by atoms with Crippen molar-refractivity contribution in [1.29, 1.82) is 0 Å². The van der Waals surface area contributed by atoms with E-state index in [0.717, 1.165) is 36.8 Å². The summed E-state index contributed by atoms with van der Waals surface area (Å²) in [5, 5.41) is 17.2. The summed E-state index contributed by atoms with van der Waals surface area (Å²) >= 11 is 0. The zero-order valence-electron chi connectivity index (χ0n) is 18.1. The van der Waals surface area contributed by atoms with Crippen molar-refractivity contribution in [2.45, 2.75) is 45.1 Å². The van der Waals surface area contributed by atoms with Gasteiger partial charge in [-0.3, -0.25) is 4.90 Å². The Kier molecular flexibility index (Phi) is 5.86. The number of aryl methyl sites for hydroxylation is 1. The van der Waals surface area contributed by atoms with Crippen molar-refractivity contribution in [3.05, 3.63) is 58.0 Å². The summed E-state index contributed by atoms with van der Waals surface area (Å²) < 4.78 is 1.58. The molecule has 1 aliphatic carbocycles. The summed E-state index contributed by atoms with van der Waals surface area (Å²) in [6.45, 7) is 1.69. The number of carbonyl (C=O) groups excluding carboxylic acids is 1. The van der Waals surface area contributed by atoms with Crippen molar-refractivity contribution in [2.75, 3.05) is 16.4 Å². The Hall–Kier alpha value is -4.15. The van der Waals surface area contributed by atoms with Crippen LogP contribution in [-0.2, 0) is 0 Å². The van der Waals surface area contributed by atoms with Gasteiger partial charge in [-0.05, 0) is 60.0 Å². The highest BCUT2D eigenvalue weighted by atomic mass is 16.4. The molecule has 1 saturated carbocycles. The van der Waals surface area contributed by atoms with Crippen LogP contribution < -0.4 is 22.1 Å². The number of benzene rings is 2. The largest absolute Gasteiger partial charge is 0.478 e. The van der Waals surface area contributed by atoms with Crippen molar-refractivity contribution in [3.63, 3.8) is 0 Å². The molecule has 0 atom stereocenters. The Balaban J connectivity index is 1.79. The second kappa shape index (κ2) is 8.77. The van der Waals surface area contributed by atoms with Crippen molar-refractivity contribution >= 4 is 29.1 Å². The van der Waals surface area contributed by atoms with Gasteiger partial charge in [0.15, 0.2) is 0 Å². The fourth-order valence-corrected chi connectivity index (χ4v) is 4.18. The lowest BCUT2D eigenvalue weighted by Gasteiger charge is -2.33. The second-order valence-corrected chi connectivity index (χ2v) is 8.11. The van der Waals surface area contributed by atoms with E-state index in [9.17, 15) is 19.5 Å². The molecule has 0 unspecified atom stereocenters. The van der Waals surface area contributed by atoms with Crippen molar-refractivity contribution in [3.8, 4) is 5.69 Å². The number of hydrogen-bond acceptors (Lipinski definition) is 7. The minimum Gasteiger partial charge on any atom is -0.478 e. The molecule has 11 nitrogen and oxygen atoms in total. The molecule has 11 heteroatoms. The molecular formula is C22H25N7O4. The summed E-state index contributed by atoms with van der Waals surface area (Å²) in [4.78, 5) is 39.8. The first-order valence-electron chi connectivity index (χ1n) is 10.7. The molecule has 1 amide bonds. The zero-order valence-corrected chi connectivity index (χ0v) is 18.1. The number of aromatic carboxylic acids is 1. The van der Waals surface area contributed by atoms with Gasteiger partial charge in [0.1, 0.15) is 0 Å². The predicted molar refractivity (Wildman–Crippen MR) is 123 cm³/mol. The number of carboxylic acid groups (broad SMARTS) is 1. The number of hydrogen-bond donors (Lipinski definition) is 3. The summed E-state index contributed by atoms with van der Waals surface area (Å²) in [5.74, 6) is -1.09. The standard InChI is InChI=1S/C22H25N7O4/c1-13-10-11-15(12-16(13)20(30)31)27(14-6-3-2-4-7-14)21(32)29-22(33)28(25-26-29)18-9-5-8-17(23)19(18)24/h5,8-12,14H,2-4,6-7,23-24H2,1H3,(H,30,31). The molecule has 0 spiro atoms. The Labute approximate surface area is 189 Å². The van der Waals surface area contributed by atoms with E-state index in [0.29, 0.717) is 15.9 Å². The van der Waals surface area contributed by atoms with Gasteiger partial charge in [-0.25, -0.2) is 14.4 Å². The molecule has 1 heterocycles. The van der Waals surface area contributed by atoms with Crippen molar-refractivity contribution in [2.24, 2.45) is 0 Å². The number of aromatic nitrogens is 4. The van der Waals surface area contributed by atoms with E-state index in [1.165, 1.54) is 11.0 Å². The Morgan fingerprint density at radius 1 is 1.09 bits per heavy atom. The van der Waals surface area contributed by atoms with Crippen LogP contribution in [0.5, 0.6) is 0 Å². The first kappa shape index (κ1) is 22.1. The molecular weight excluding hydrogens is 426 g/mol. The molecule has 2 aromatic carbocycles. The number of nitrogens with zero attached hydrogens (tertiary/aromatic N) is 5. The van der Waals surface area contributed by atoms with E-state index in [1.807, 2.05) is 0 Å². The van der Waals surface area contributed by atoms with E-state index < -0.39 is 17.7 Å². The molecule has 3 aromatic rings. The topological polar surface area (TPSA) is 162 Å². The Bertz CT molecular complexity index is 1270. The molecule has 5 N–H and O–H groups in total. The molecule has 172 valence electrons. The molecule has 0 bridgehead atoms. The lowest BCUT2D eigenvalue weighted by Crippen LogP contribution is -2.47. The molecule has 1 aromatic heterocycles. The number of rotatable bonds is 4. The number of amides is 1. The fourth-order valence-electron chi connectivity index (χ4n) is 4.18. The van der Waals surface area contributed by atoms with E-state index in [2.05, 4.69) is 10.4 Å². The van der Waals surface area contributed by atoms with Gasteiger partial charge in [0.2, 0.25) is 0 Å². The van der Waals surface area contributed by atoms with Crippen LogP contribution in [0.3, 0.4) is 0 Å². The van der Waals surface area contributed by atoms with Gasteiger partial charge < -0.3 is 16.6 Å². The first-order valence-corrected chi connectivity index (χ1v) is 10.7. The van der Waals surface area contributed by atoms with Gasteiger partial charge in [-0.15, -0.1) is 4.68 Å². The van der Waals surface area contributed by atoms with E-state index in [4.69, 9.17) is 11.5 Å². The number of carboxylic acids is 1. The van der Waals surface area contributed by atoms with Gasteiger partial charge in [0.25, 0.3) is 0 Å². The van der Waals surface area contributed by atoms with Crippen LogP contribution in [0.2, 0.25) is 0 Å². The van der Waals surface area contributed by atoms with Gasteiger partial charge in [0, 0.05) is 11.7 Å². The molecule has 0 aliphatic heterocycles. The van der Waals surface area contributed by atoms with Crippen LogP contribution >= 0.6 is 0 Å². The van der Waals surface area contributed by atoms with Crippen LogP contribution in [-0.4, -0.2) is 42.9 Å². The average molecular weight is 451 g/mol. The highest BCUT2D eigenvalue weighted by molar-refractivity contribution is 5.96. The summed E-state index contributed by atoms with van der Waals surface area (Å²) in [6, 6.07) is 8.62. The quantitative estimate of drug-likeness (QED) is 0.402. The van der Waals surface area contributed by atoms with Crippen LogP contribution in [0.1, 0.15) is 48.0 Å². The highest BCUT2D eigenvalue weighted by Gasteiger charge is 2.31. The van der Waals surface area contributed by atoms with Crippen molar-refractivity contribution < 1.29 is 14.7 Å². The van der Waals surface area contributed by atoms with Crippen molar-refractivity contribution in [1.82, 2.24) is 19.8 Å². The second-order valence-electron chi connectivity index (χ2n) is 8.11. The third kappa shape index (κ3) is 4.04. The van der Waals surface area contributed by atoms with Gasteiger partial charge in [0.05, 0.1) is 22.6 Å². The van der Waals surface area contributed by atoms with Crippen LogP contribution in [0.15, 0.2) is 41.2 Å². The lowest BCUT2D eigenvalue weighted by molar-refractivity contribution is 0.0696. The van der Waals surface area contributed by atoms with E-state index >= 15 is 0 Å². The third-order valence-corrected chi connectivity index (χ3v) is 5.98. The van der Waals surface area contributed by atoms with Crippen LogP contribution in [0.25, 0.3) is 5.69 Å². The average Bonchev–Trinajstić information content (AvgIpc) is 3.18. The summed E-state index contributed by atoms with van der Waals surface area (Å²) in [7, 11) is 0. The summed E-state index contributed by atoms with van der Waals surface area (Å²) in [6.07, 6.45) is 4.36. The SMILES string of the molecule is Cc1ccc(N(C(=O)n2nnn(-c3cccc(N)c3N)c2=O)C2CCCCC2)cc1C(=O)O. The molecule has 0 saturated heterocycles. The van der Waals surface area contributed by atoms with Gasteiger partial charge in [-0.1, -0.05) is 31.4 Å².